The van der Waals surface area contributed by atoms with Crippen LogP contribution in [0.2, 0.25) is 0 Å². The molecule has 1 heterocycles. The second kappa shape index (κ2) is 6.14. The van der Waals surface area contributed by atoms with Gasteiger partial charge in [0.2, 0.25) is 0 Å². The summed E-state index contributed by atoms with van der Waals surface area (Å²) in [6.45, 7) is 4.20. The number of ether oxygens (including phenoxy) is 1. The molecule has 2 rings (SSSR count). The van der Waals surface area contributed by atoms with Gasteiger partial charge in [-0.2, -0.15) is 0 Å². The van der Waals surface area contributed by atoms with Crippen LogP contribution in [-0.2, 0) is 4.79 Å². The van der Waals surface area contributed by atoms with Crippen molar-refractivity contribution in [1.82, 2.24) is 4.90 Å². The fraction of sp³-hybridized carbons (Fsp3) is 0.533. The molecule has 0 bridgehead atoms. The van der Waals surface area contributed by atoms with Crippen LogP contribution in [0.3, 0.4) is 0 Å². The molecular weight excluding hydrogens is 322 g/mol. The smallest absolute Gasteiger partial charge is 0.260 e. The summed E-state index contributed by atoms with van der Waals surface area (Å²) in [7, 11) is 0. The summed E-state index contributed by atoms with van der Waals surface area (Å²) in [4.78, 5) is 14.0. The zero-order valence-electron chi connectivity index (χ0n) is 11.8. The molecule has 1 amide bonds. The highest BCUT2D eigenvalue weighted by Crippen LogP contribution is 2.27. The van der Waals surface area contributed by atoms with Crippen LogP contribution in [0.15, 0.2) is 28.7 Å². The Morgan fingerprint density at radius 3 is 2.70 bits per heavy atom. The Morgan fingerprint density at radius 2 is 2.10 bits per heavy atom. The second-order valence-corrected chi connectivity index (χ2v) is 6.56. The number of halogens is 1. The molecule has 1 aromatic rings. The zero-order valence-corrected chi connectivity index (χ0v) is 13.4. The largest absolute Gasteiger partial charge is 0.484 e. The molecule has 1 N–H and O–H groups in total. The normalized spacial score (nSPS) is 19.2. The van der Waals surface area contributed by atoms with Gasteiger partial charge in [0.15, 0.2) is 6.61 Å². The van der Waals surface area contributed by atoms with Crippen molar-refractivity contribution >= 4 is 21.8 Å². The number of hydrogen-bond acceptors (Lipinski definition) is 3. The van der Waals surface area contributed by atoms with Crippen LogP contribution in [0.4, 0.5) is 0 Å². The first kappa shape index (κ1) is 15.3. The molecule has 1 aliphatic rings. The first-order chi connectivity index (χ1) is 9.38. The molecule has 1 atom stereocenters. The van der Waals surface area contributed by atoms with Gasteiger partial charge in [-0.1, -0.05) is 15.9 Å². The lowest BCUT2D eigenvalue weighted by Crippen LogP contribution is -2.49. The third-order valence-electron chi connectivity index (χ3n) is 3.56. The van der Waals surface area contributed by atoms with E-state index < -0.39 is 5.60 Å². The summed E-state index contributed by atoms with van der Waals surface area (Å²) < 4.78 is 6.47. The minimum Gasteiger partial charge on any atom is -0.484 e. The number of nitrogens with zero attached hydrogens (tertiary/aromatic N) is 1. The molecule has 5 heteroatoms. The van der Waals surface area contributed by atoms with Crippen molar-refractivity contribution in [3.63, 3.8) is 0 Å². The molecule has 4 nitrogen and oxygen atoms in total. The molecule has 1 aliphatic heterocycles. The molecule has 110 valence electrons. The average molecular weight is 342 g/mol. The fourth-order valence-corrected chi connectivity index (χ4v) is 2.82. The van der Waals surface area contributed by atoms with Crippen molar-refractivity contribution in [2.75, 3.05) is 13.2 Å². The Balaban J connectivity index is 1.93. The van der Waals surface area contributed by atoms with Crippen LogP contribution in [-0.4, -0.2) is 40.7 Å². The van der Waals surface area contributed by atoms with Crippen LogP contribution in [0.25, 0.3) is 0 Å². The van der Waals surface area contributed by atoms with Gasteiger partial charge in [-0.15, -0.1) is 0 Å². The number of benzene rings is 1. The summed E-state index contributed by atoms with van der Waals surface area (Å²) in [6.07, 6.45) is 1.77. The lowest BCUT2D eigenvalue weighted by atomic mass is 9.97. The summed E-state index contributed by atoms with van der Waals surface area (Å²) in [6, 6.07) is 7.25. The van der Waals surface area contributed by atoms with Gasteiger partial charge in [0.05, 0.1) is 11.6 Å². The molecule has 1 unspecified atom stereocenters. The second-order valence-electron chi connectivity index (χ2n) is 5.64. The van der Waals surface area contributed by atoms with E-state index >= 15 is 0 Å². The third kappa shape index (κ3) is 3.73. The molecule has 0 saturated carbocycles. The number of rotatable bonds is 4. The molecule has 0 aliphatic carbocycles. The molecule has 1 aromatic carbocycles. The highest BCUT2D eigenvalue weighted by atomic mass is 79.9. The summed E-state index contributed by atoms with van der Waals surface area (Å²) in [5.74, 6) is 0.595. The van der Waals surface area contributed by atoms with Crippen molar-refractivity contribution in [1.29, 1.82) is 0 Å². The predicted octanol–water partition coefficient (Wildman–Crippen LogP) is 2.59. The van der Waals surface area contributed by atoms with E-state index in [1.54, 1.807) is 18.7 Å². The van der Waals surface area contributed by atoms with Gasteiger partial charge in [-0.05, 0) is 51.0 Å². The highest BCUT2D eigenvalue weighted by Gasteiger charge is 2.38. The Kier molecular flexibility index (Phi) is 4.70. The van der Waals surface area contributed by atoms with Gasteiger partial charge in [0.1, 0.15) is 5.75 Å². The van der Waals surface area contributed by atoms with Crippen LogP contribution >= 0.6 is 15.9 Å². The van der Waals surface area contributed by atoms with Crippen LogP contribution < -0.4 is 4.74 Å². The molecule has 0 radical (unpaired) electrons. The fourth-order valence-electron chi connectivity index (χ4n) is 2.56. The molecule has 1 fully saturated rings. The first-order valence-electron chi connectivity index (χ1n) is 6.78. The highest BCUT2D eigenvalue weighted by molar-refractivity contribution is 9.10. The van der Waals surface area contributed by atoms with Gasteiger partial charge >= 0.3 is 0 Å². The Labute approximate surface area is 127 Å². The third-order valence-corrected chi connectivity index (χ3v) is 4.09. The standard InChI is InChI=1S/C15H20BrNO3/c1-15(2,19)13-4-3-9-17(13)14(18)10-20-12-7-5-11(16)6-8-12/h5-8,13,19H,3-4,9-10H2,1-2H3. The molecular formula is C15H20BrNO3. The van der Waals surface area contributed by atoms with E-state index in [1.165, 1.54) is 0 Å². The lowest BCUT2D eigenvalue weighted by molar-refractivity contribution is -0.138. The maximum atomic E-state index is 12.2. The monoisotopic (exact) mass is 341 g/mol. The van der Waals surface area contributed by atoms with Gasteiger partial charge < -0.3 is 14.7 Å². The van der Waals surface area contributed by atoms with Crippen molar-refractivity contribution in [3.8, 4) is 5.75 Å². The van der Waals surface area contributed by atoms with Crippen LogP contribution in [0, 0.1) is 0 Å². The summed E-state index contributed by atoms with van der Waals surface area (Å²) in [5.41, 5.74) is -0.871. The topological polar surface area (TPSA) is 49.8 Å². The van der Waals surface area contributed by atoms with E-state index in [1.807, 2.05) is 24.3 Å². The van der Waals surface area contributed by atoms with E-state index in [-0.39, 0.29) is 18.6 Å². The molecule has 20 heavy (non-hydrogen) atoms. The van der Waals surface area contributed by atoms with E-state index in [9.17, 15) is 9.90 Å². The lowest BCUT2D eigenvalue weighted by Gasteiger charge is -2.33. The number of hydrogen-bond donors (Lipinski definition) is 1. The number of likely N-dealkylation sites (tertiary alicyclic amines) is 1. The van der Waals surface area contributed by atoms with Crippen LogP contribution in [0.5, 0.6) is 5.75 Å². The van der Waals surface area contributed by atoms with Crippen molar-refractivity contribution in [2.24, 2.45) is 0 Å². The van der Waals surface area contributed by atoms with Crippen molar-refractivity contribution in [2.45, 2.75) is 38.3 Å². The van der Waals surface area contributed by atoms with E-state index in [0.29, 0.717) is 12.3 Å². The van der Waals surface area contributed by atoms with Crippen molar-refractivity contribution < 1.29 is 14.6 Å². The minimum absolute atomic E-state index is 0.00815. The predicted molar refractivity (Wildman–Crippen MR) is 80.7 cm³/mol. The number of aliphatic hydroxyl groups is 1. The van der Waals surface area contributed by atoms with Gasteiger partial charge in [-0.3, -0.25) is 4.79 Å². The van der Waals surface area contributed by atoms with Crippen LogP contribution in [0.1, 0.15) is 26.7 Å². The maximum absolute atomic E-state index is 12.2. The van der Waals surface area contributed by atoms with E-state index in [4.69, 9.17) is 4.74 Å². The van der Waals surface area contributed by atoms with Crippen molar-refractivity contribution in [3.05, 3.63) is 28.7 Å². The number of amides is 1. The Morgan fingerprint density at radius 1 is 1.45 bits per heavy atom. The van der Waals surface area contributed by atoms with Gasteiger partial charge in [0, 0.05) is 11.0 Å². The Bertz CT molecular complexity index is 467. The summed E-state index contributed by atoms with van der Waals surface area (Å²) in [5, 5.41) is 10.1. The first-order valence-corrected chi connectivity index (χ1v) is 7.57. The van der Waals surface area contributed by atoms with Gasteiger partial charge in [-0.25, -0.2) is 0 Å². The molecule has 0 aromatic heterocycles. The minimum atomic E-state index is -0.871. The number of carbonyl (C=O) groups is 1. The van der Waals surface area contributed by atoms with Gasteiger partial charge in [0.25, 0.3) is 5.91 Å². The maximum Gasteiger partial charge on any atom is 0.260 e. The Hall–Kier alpha value is -1.07. The molecule has 1 saturated heterocycles. The summed E-state index contributed by atoms with van der Waals surface area (Å²) >= 11 is 3.35. The SMILES string of the molecule is CC(C)(O)C1CCCN1C(=O)COc1ccc(Br)cc1. The molecule has 0 spiro atoms. The quantitative estimate of drug-likeness (QED) is 0.915. The number of carbonyl (C=O) groups excluding carboxylic acids is 1. The van der Waals surface area contributed by atoms with E-state index in [0.717, 1.165) is 17.3 Å². The zero-order chi connectivity index (χ0) is 14.8. The average Bonchev–Trinajstić information content (AvgIpc) is 2.87. The van der Waals surface area contributed by atoms with E-state index in [2.05, 4.69) is 15.9 Å².